The van der Waals surface area contributed by atoms with Crippen molar-refractivity contribution in [2.75, 3.05) is 0 Å². The SMILES string of the molecule is CCCCCCCCCCC(CCCCCCCCCC)C(=O)O. The molecule has 2 heteroatoms. The molecule has 0 spiro atoms. The van der Waals surface area contributed by atoms with Gasteiger partial charge in [-0.05, 0) is 12.8 Å². The van der Waals surface area contributed by atoms with Crippen molar-refractivity contribution in [2.45, 2.75) is 129 Å². The van der Waals surface area contributed by atoms with E-state index in [0.717, 1.165) is 25.7 Å². The summed E-state index contributed by atoms with van der Waals surface area (Å²) in [6.45, 7) is 4.50. The zero-order chi connectivity index (χ0) is 17.9. The minimum Gasteiger partial charge on any atom is -0.481 e. The van der Waals surface area contributed by atoms with Crippen LogP contribution in [-0.4, -0.2) is 11.1 Å². The van der Waals surface area contributed by atoms with Crippen LogP contribution in [0.2, 0.25) is 0 Å². The van der Waals surface area contributed by atoms with E-state index in [2.05, 4.69) is 13.8 Å². The first-order valence-electron chi connectivity index (χ1n) is 10.9. The zero-order valence-electron chi connectivity index (χ0n) is 16.7. The molecule has 144 valence electrons. The van der Waals surface area contributed by atoms with Crippen molar-refractivity contribution in [2.24, 2.45) is 5.92 Å². The second kappa shape index (κ2) is 18.8. The van der Waals surface area contributed by atoms with Crippen LogP contribution in [0.4, 0.5) is 0 Å². The first kappa shape index (κ1) is 23.5. The summed E-state index contributed by atoms with van der Waals surface area (Å²) >= 11 is 0. The van der Waals surface area contributed by atoms with Gasteiger partial charge in [0.25, 0.3) is 0 Å². The molecule has 24 heavy (non-hydrogen) atoms. The predicted octanol–water partition coefficient (Wildman–Crippen LogP) is 7.75. The van der Waals surface area contributed by atoms with Gasteiger partial charge in [-0.2, -0.15) is 0 Å². The Morgan fingerprint density at radius 1 is 0.583 bits per heavy atom. The fourth-order valence-corrected chi connectivity index (χ4v) is 3.44. The molecule has 0 aromatic heterocycles. The minimum atomic E-state index is -0.569. The normalized spacial score (nSPS) is 11.3. The van der Waals surface area contributed by atoms with Crippen LogP contribution in [0.3, 0.4) is 0 Å². The summed E-state index contributed by atoms with van der Waals surface area (Å²) in [5.74, 6) is -0.661. The number of hydrogen-bond donors (Lipinski definition) is 1. The first-order valence-corrected chi connectivity index (χ1v) is 10.9. The van der Waals surface area contributed by atoms with Crippen LogP contribution in [0.5, 0.6) is 0 Å². The van der Waals surface area contributed by atoms with Crippen LogP contribution in [0.1, 0.15) is 129 Å². The molecule has 0 rings (SSSR count). The van der Waals surface area contributed by atoms with Crippen molar-refractivity contribution in [1.29, 1.82) is 0 Å². The zero-order valence-corrected chi connectivity index (χ0v) is 16.7. The Morgan fingerprint density at radius 2 is 0.875 bits per heavy atom. The van der Waals surface area contributed by atoms with Crippen LogP contribution < -0.4 is 0 Å². The van der Waals surface area contributed by atoms with E-state index in [1.165, 1.54) is 89.9 Å². The van der Waals surface area contributed by atoms with Crippen molar-refractivity contribution in [3.05, 3.63) is 0 Å². The van der Waals surface area contributed by atoms with Crippen molar-refractivity contribution in [3.63, 3.8) is 0 Å². The third-order valence-electron chi connectivity index (χ3n) is 5.16. The molecule has 0 saturated heterocycles. The van der Waals surface area contributed by atoms with E-state index < -0.39 is 5.97 Å². The number of carboxylic acid groups (broad SMARTS) is 1. The molecular weight excluding hydrogens is 296 g/mol. The molecule has 0 aliphatic rings. The fourth-order valence-electron chi connectivity index (χ4n) is 3.44. The highest BCUT2D eigenvalue weighted by molar-refractivity contribution is 5.69. The molecule has 0 aromatic rings. The molecule has 0 fully saturated rings. The third kappa shape index (κ3) is 16.3. The number of carboxylic acids is 1. The summed E-state index contributed by atoms with van der Waals surface area (Å²) in [5, 5.41) is 9.37. The lowest BCUT2D eigenvalue weighted by Crippen LogP contribution is -2.13. The Bertz CT molecular complexity index is 243. The van der Waals surface area contributed by atoms with E-state index in [4.69, 9.17) is 0 Å². The van der Waals surface area contributed by atoms with E-state index in [-0.39, 0.29) is 5.92 Å². The van der Waals surface area contributed by atoms with Gasteiger partial charge in [0.15, 0.2) is 0 Å². The third-order valence-corrected chi connectivity index (χ3v) is 5.16. The fraction of sp³-hybridized carbons (Fsp3) is 0.955. The molecule has 0 bridgehead atoms. The molecule has 0 unspecified atom stereocenters. The van der Waals surface area contributed by atoms with Gasteiger partial charge in [-0.15, -0.1) is 0 Å². The number of hydrogen-bond acceptors (Lipinski definition) is 1. The monoisotopic (exact) mass is 340 g/mol. The molecule has 1 N–H and O–H groups in total. The highest BCUT2D eigenvalue weighted by Crippen LogP contribution is 2.19. The Hall–Kier alpha value is -0.530. The van der Waals surface area contributed by atoms with Gasteiger partial charge in [0.2, 0.25) is 0 Å². The summed E-state index contributed by atoms with van der Waals surface area (Å²) in [7, 11) is 0. The summed E-state index contributed by atoms with van der Waals surface area (Å²) in [6, 6.07) is 0. The van der Waals surface area contributed by atoms with Gasteiger partial charge < -0.3 is 5.11 Å². The Balaban J connectivity index is 3.49. The lowest BCUT2D eigenvalue weighted by Gasteiger charge is -2.12. The highest BCUT2D eigenvalue weighted by Gasteiger charge is 2.16. The van der Waals surface area contributed by atoms with Gasteiger partial charge in [0, 0.05) is 0 Å². The molecule has 2 nitrogen and oxygen atoms in total. The predicted molar refractivity (Wildman–Crippen MR) is 106 cm³/mol. The van der Waals surface area contributed by atoms with E-state index in [0.29, 0.717) is 0 Å². The summed E-state index contributed by atoms with van der Waals surface area (Å²) in [6.07, 6.45) is 22.4. The Kier molecular flexibility index (Phi) is 18.4. The Labute approximate surface area is 151 Å². The number of unbranched alkanes of at least 4 members (excludes halogenated alkanes) is 14. The maximum Gasteiger partial charge on any atom is 0.306 e. The largest absolute Gasteiger partial charge is 0.481 e. The lowest BCUT2D eigenvalue weighted by atomic mass is 9.94. The second-order valence-electron chi connectivity index (χ2n) is 7.56. The molecule has 0 radical (unpaired) electrons. The van der Waals surface area contributed by atoms with Crippen LogP contribution in [0, 0.1) is 5.92 Å². The van der Waals surface area contributed by atoms with Gasteiger partial charge >= 0.3 is 5.97 Å². The van der Waals surface area contributed by atoms with Crippen molar-refractivity contribution < 1.29 is 9.90 Å². The number of aliphatic carboxylic acids is 1. The minimum absolute atomic E-state index is 0.0924. The molecule has 0 amide bonds. The lowest BCUT2D eigenvalue weighted by molar-refractivity contribution is -0.142. The molecular formula is C22H44O2. The second-order valence-corrected chi connectivity index (χ2v) is 7.56. The van der Waals surface area contributed by atoms with Crippen LogP contribution in [0.25, 0.3) is 0 Å². The first-order chi connectivity index (χ1) is 11.7. The van der Waals surface area contributed by atoms with Crippen molar-refractivity contribution in [3.8, 4) is 0 Å². The van der Waals surface area contributed by atoms with Gasteiger partial charge in [-0.3, -0.25) is 4.79 Å². The van der Waals surface area contributed by atoms with Gasteiger partial charge in [-0.25, -0.2) is 0 Å². The molecule has 0 heterocycles. The van der Waals surface area contributed by atoms with E-state index >= 15 is 0 Å². The van der Waals surface area contributed by atoms with Crippen LogP contribution >= 0.6 is 0 Å². The quantitative estimate of drug-likeness (QED) is 0.244. The summed E-state index contributed by atoms with van der Waals surface area (Å²) in [4.78, 5) is 11.4. The summed E-state index contributed by atoms with van der Waals surface area (Å²) < 4.78 is 0. The average molecular weight is 341 g/mol. The van der Waals surface area contributed by atoms with Crippen molar-refractivity contribution >= 4 is 5.97 Å². The molecule has 0 aliphatic heterocycles. The van der Waals surface area contributed by atoms with Gasteiger partial charge in [0.1, 0.15) is 0 Å². The van der Waals surface area contributed by atoms with Gasteiger partial charge in [-0.1, -0.05) is 117 Å². The van der Waals surface area contributed by atoms with Gasteiger partial charge in [0.05, 0.1) is 5.92 Å². The maximum atomic E-state index is 11.4. The maximum absolute atomic E-state index is 11.4. The topological polar surface area (TPSA) is 37.3 Å². The average Bonchev–Trinajstić information content (AvgIpc) is 2.57. The molecule has 0 aromatic carbocycles. The van der Waals surface area contributed by atoms with E-state index in [1.807, 2.05) is 0 Å². The molecule has 0 atom stereocenters. The van der Waals surface area contributed by atoms with Crippen molar-refractivity contribution in [1.82, 2.24) is 0 Å². The smallest absolute Gasteiger partial charge is 0.306 e. The number of carbonyl (C=O) groups is 1. The standard InChI is InChI=1S/C22H44O2/c1-3-5-7-9-11-13-15-17-19-21(22(23)24)20-18-16-14-12-10-8-6-4-2/h21H,3-20H2,1-2H3,(H,23,24). The Morgan fingerprint density at radius 3 is 1.17 bits per heavy atom. The highest BCUT2D eigenvalue weighted by atomic mass is 16.4. The molecule has 0 saturated carbocycles. The van der Waals surface area contributed by atoms with E-state index in [9.17, 15) is 9.90 Å². The molecule has 0 aliphatic carbocycles. The number of rotatable bonds is 19. The van der Waals surface area contributed by atoms with E-state index in [1.54, 1.807) is 0 Å². The van der Waals surface area contributed by atoms with Crippen LogP contribution in [0.15, 0.2) is 0 Å². The summed E-state index contributed by atoms with van der Waals surface area (Å²) in [5.41, 5.74) is 0. The van der Waals surface area contributed by atoms with Crippen LogP contribution in [-0.2, 0) is 4.79 Å².